The lowest BCUT2D eigenvalue weighted by Gasteiger charge is -1.93. The summed E-state index contributed by atoms with van der Waals surface area (Å²) in [6.07, 6.45) is 2.60. The van der Waals surface area contributed by atoms with Crippen molar-refractivity contribution in [3.8, 4) is 11.3 Å². The molecular weight excluding hydrogens is 254 g/mol. The Bertz CT molecular complexity index is 674. The van der Waals surface area contributed by atoms with Crippen LogP contribution in [0.4, 0.5) is 0 Å². The van der Waals surface area contributed by atoms with Gasteiger partial charge in [-0.2, -0.15) is 0 Å². The fraction of sp³-hybridized carbons (Fsp3) is 0.214. The van der Waals surface area contributed by atoms with Crippen molar-refractivity contribution in [1.82, 2.24) is 20.2 Å². The molecule has 0 saturated carbocycles. The average molecular weight is 269 g/mol. The lowest BCUT2D eigenvalue weighted by molar-refractivity contribution is 0.372. The molecule has 0 bridgehead atoms. The number of rotatable bonds is 5. The van der Waals surface area contributed by atoms with E-state index in [1.54, 1.807) is 4.68 Å². The summed E-state index contributed by atoms with van der Waals surface area (Å²) in [7, 11) is 0. The maximum Gasteiger partial charge on any atom is 0.158 e. The van der Waals surface area contributed by atoms with Crippen molar-refractivity contribution in [3.63, 3.8) is 0 Å². The Balaban J connectivity index is 1.73. The number of nitrogens with zero attached hydrogens (tertiary/aromatic N) is 4. The summed E-state index contributed by atoms with van der Waals surface area (Å²) >= 11 is 0. The standard InChI is InChI=1S/C14H15N5O/c15-7-6-12-9-19(18-16-12)10-13-8-14(17-20-13)11-4-2-1-3-5-11/h1-5,8-9H,6-7,10,15H2. The number of benzene rings is 1. The van der Waals surface area contributed by atoms with Crippen molar-refractivity contribution in [2.75, 3.05) is 6.54 Å². The van der Waals surface area contributed by atoms with Crippen LogP contribution in [0, 0.1) is 0 Å². The Kier molecular flexibility index (Phi) is 3.56. The quantitative estimate of drug-likeness (QED) is 0.758. The number of hydrogen-bond donors (Lipinski definition) is 1. The molecule has 0 unspecified atom stereocenters. The van der Waals surface area contributed by atoms with Gasteiger partial charge in [0.05, 0.1) is 5.69 Å². The SMILES string of the molecule is NCCc1cn(Cc2cc(-c3ccccc3)no2)nn1. The molecule has 2 N–H and O–H groups in total. The Labute approximate surface area is 116 Å². The number of nitrogens with two attached hydrogens (primary N) is 1. The molecule has 1 aromatic carbocycles. The van der Waals surface area contributed by atoms with Crippen LogP contribution in [0.3, 0.4) is 0 Å². The summed E-state index contributed by atoms with van der Waals surface area (Å²) in [6, 6.07) is 11.8. The van der Waals surface area contributed by atoms with E-state index in [9.17, 15) is 0 Å². The Morgan fingerprint density at radius 3 is 2.85 bits per heavy atom. The molecule has 0 fully saturated rings. The first-order valence-electron chi connectivity index (χ1n) is 6.45. The second kappa shape index (κ2) is 5.66. The molecule has 20 heavy (non-hydrogen) atoms. The number of hydrogen-bond acceptors (Lipinski definition) is 5. The molecule has 0 saturated heterocycles. The Hall–Kier alpha value is -2.47. The lowest BCUT2D eigenvalue weighted by atomic mass is 10.1. The normalized spacial score (nSPS) is 10.8. The highest BCUT2D eigenvalue weighted by Gasteiger charge is 2.08. The van der Waals surface area contributed by atoms with Crippen LogP contribution in [-0.4, -0.2) is 26.7 Å². The lowest BCUT2D eigenvalue weighted by Crippen LogP contribution is -2.02. The van der Waals surface area contributed by atoms with Crippen LogP contribution in [0.5, 0.6) is 0 Å². The number of aromatic nitrogens is 4. The molecule has 0 radical (unpaired) electrons. The highest BCUT2D eigenvalue weighted by molar-refractivity contribution is 5.58. The molecule has 0 spiro atoms. The molecule has 3 aromatic rings. The molecule has 0 aliphatic heterocycles. The molecule has 0 atom stereocenters. The highest BCUT2D eigenvalue weighted by Crippen LogP contribution is 2.18. The predicted molar refractivity (Wildman–Crippen MR) is 73.8 cm³/mol. The molecule has 0 amide bonds. The summed E-state index contributed by atoms with van der Waals surface area (Å²) in [4.78, 5) is 0. The molecular formula is C14H15N5O. The van der Waals surface area contributed by atoms with Gasteiger partial charge in [0.1, 0.15) is 12.2 Å². The zero-order chi connectivity index (χ0) is 13.8. The van der Waals surface area contributed by atoms with E-state index < -0.39 is 0 Å². The monoisotopic (exact) mass is 269 g/mol. The van der Waals surface area contributed by atoms with E-state index in [0.29, 0.717) is 13.1 Å². The fourth-order valence-corrected chi connectivity index (χ4v) is 1.97. The van der Waals surface area contributed by atoms with Crippen LogP contribution in [0.15, 0.2) is 47.1 Å². The summed E-state index contributed by atoms with van der Waals surface area (Å²) in [5.74, 6) is 0.744. The van der Waals surface area contributed by atoms with Gasteiger partial charge in [0.2, 0.25) is 0 Å². The van der Waals surface area contributed by atoms with Gasteiger partial charge in [-0.1, -0.05) is 40.7 Å². The third-order valence-electron chi connectivity index (χ3n) is 2.93. The zero-order valence-corrected chi connectivity index (χ0v) is 10.9. The van der Waals surface area contributed by atoms with Crippen LogP contribution in [0.25, 0.3) is 11.3 Å². The summed E-state index contributed by atoms with van der Waals surface area (Å²) in [5, 5.41) is 12.1. The highest BCUT2D eigenvalue weighted by atomic mass is 16.5. The van der Waals surface area contributed by atoms with Crippen LogP contribution >= 0.6 is 0 Å². The van der Waals surface area contributed by atoms with Gasteiger partial charge in [-0.15, -0.1) is 5.10 Å². The van der Waals surface area contributed by atoms with Crippen molar-refractivity contribution in [1.29, 1.82) is 0 Å². The topological polar surface area (TPSA) is 82.8 Å². The van der Waals surface area contributed by atoms with Gasteiger partial charge in [0.25, 0.3) is 0 Å². The molecule has 6 nitrogen and oxygen atoms in total. The van der Waals surface area contributed by atoms with Gasteiger partial charge in [-0.05, 0) is 6.54 Å². The van der Waals surface area contributed by atoms with Crippen LogP contribution in [0.1, 0.15) is 11.5 Å². The minimum absolute atomic E-state index is 0.511. The molecule has 6 heteroatoms. The van der Waals surface area contributed by atoms with Gasteiger partial charge in [-0.25, -0.2) is 4.68 Å². The predicted octanol–water partition coefficient (Wildman–Crippen LogP) is 1.48. The van der Waals surface area contributed by atoms with E-state index in [-0.39, 0.29) is 0 Å². The zero-order valence-electron chi connectivity index (χ0n) is 10.9. The minimum Gasteiger partial charge on any atom is -0.359 e. The summed E-state index contributed by atoms with van der Waals surface area (Å²) in [5.41, 5.74) is 8.22. The van der Waals surface area contributed by atoms with E-state index >= 15 is 0 Å². The smallest absolute Gasteiger partial charge is 0.158 e. The van der Waals surface area contributed by atoms with Crippen molar-refractivity contribution in [2.24, 2.45) is 5.73 Å². The van der Waals surface area contributed by atoms with Gasteiger partial charge < -0.3 is 10.3 Å². The molecule has 0 aliphatic rings. The fourth-order valence-electron chi connectivity index (χ4n) is 1.97. The maximum atomic E-state index is 5.48. The molecule has 2 heterocycles. The van der Waals surface area contributed by atoms with E-state index in [4.69, 9.17) is 10.3 Å². The summed E-state index contributed by atoms with van der Waals surface area (Å²) < 4.78 is 7.05. The average Bonchev–Trinajstić information content (AvgIpc) is 3.11. The van der Waals surface area contributed by atoms with Gasteiger partial charge >= 0.3 is 0 Å². The van der Waals surface area contributed by atoms with E-state index in [2.05, 4.69) is 15.5 Å². The first-order chi connectivity index (χ1) is 9.85. The largest absolute Gasteiger partial charge is 0.359 e. The van der Waals surface area contributed by atoms with E-state index in [0.717, 1.165) is 29.1 Å². The van der Waals surface area contributed by atoms with Gasteiger partial charge in [-0.3, -0.25) is 0 Å². The van der Waals surface area contributed by atoms with E-state index in [1.165, 1.54) is 0 Å². The molecule has 3 rings (SSSR count). The Morgan fingerprint density at radius 1 is 1.20 bits per heavy atom. The van der Waals surface area contributed by atoms with Crippen LogP contribution in [0.2, 0.25) is 0 Å². The first-order valence-corrected chi connectivity index (χ1v) is 6.45. The van der Waals surface area contributed by atoms with Crippen molar-refractivity contribution in [3.05, 3.63) is 54.0 Å². The minimum atomic E-state index is 0.511. The van der Waals surface area contributed by atoms with Crippen LogP contribution < -0.4 is 5.73 Å². The Morgan fingerprint density at radius 2 is 2.05 bits per heavy atom. The van der Waals surface area contributed by atoms with Gasteiger partial charge in [0, 0.05) is 24.2 Å². The second-order valence-corrected chi connectivity index (χ2v) is 4.49. The summed E-state index contributed by atoms with van der Waals surface area (Å²) in [6.45, 7) is 1.08. The van der Waals surface area contributed by atoms with Crippen LogP contribution in [-0.2, 0) is 13.0 Å². The molecule has 0 aliphatic carbocycles. The second-order valence-electron chi connectivity index (χ2n) is 4.49. The third-order valence-corrected chi connectivity index (χ3v) is 2.93. The first kappa shape index (κ1) is 12.6. The molecule has 102 valence electrons. The molecule has 2 aromatic heterocycles. The third kappa shape index (κ3) is 2.75. The van der Waals surface area contributed by atoms with Crippen molar-refractivity contribution >= 4 is 0 Å². The van der Waals surface area contributed by atoms with Crippen molar-refractivity contribution < 1.29 is 4.52 Å². The van der Waals surface area contributed by atoms with Crippen molar-refractivity contribution in [2.45, 2.75) is 13.0 Å². The van der Waals surface area contributed by atoms with E-state index in [1.807, 2.05) is 42.6 Å². The van der Waals surface area contributed by atoms with Gasteiger partial charge in [0.15, 0.2) is 5.76 Å². The maximum absolute atomic E-state index is 5.48.